The number of rotatable bonds is 4. The van der Waals surface area contributed by atoms with Gasteiger partial charge in [0.05, 0.1) is 5.92 Å². The Balaban J connectivity index is 0.00000182. The molecule has 0 spiro atoms. The zero-order chi connectivity index (χ0) is 17.8. The molecule has 0 radical (unpaired) electrons. The summed E-state index contributed by atoms with van der Waals surface area (Å²) >= 11 is 1.38. The van der Waals surface area contributed by atoms with Crippen molar-refractivity contribution in [1.29, 1.82) is 0 Å². The number of aromatic nitrogens is 2. The van der Waals surface area contributed by atoms with Crippen LogP contribution >= 0.6 is 36.2 Å². The van der Waals surface area contributed by atoms with E-state index in [4.69, 9.17) is 5.73 Å². The Hall–Kier alpha value is -1.74. The molecule has 10 heteroatoms. The third-order valence-electron chi connectivity index (χ3n) is 4.19. The lowest BCUT2D eigenvalue weighted by atomic mass is 9.97. The van der Waals surface area contributed by atoms with Crippen LogP contribution in [0, 0.1) is 12.8 Å². The Kier molecular flexibility index (Phi) is 9.11. The number of hydrogen-bond acceptors (Lipinski definition) is 6. The minimum absolute atomic E-state index is 0. The summed E-state index contributed by atoms with van der Waals surface area (Å²) in [6.45, 7) is 3.30. The van der Waals surface area contributed by atoms with Crippen LogP contribution in [0.4, 0.5) is 5.82 Å². The van der Waals surface area contributed by atoms with Gasteiger partial charge in [-0.3, -0.25) is 9.59 Å². The third kappa shape index (κ3) is 5.87. The molecule has 1 fully saturated rings. The molecule has 1 aliphatic rings. The first-order valence-corrected chi connectivity index (χ1v) is 9.12. The number of thiazole rings is 1. The number of likely N-dealkylation sites (tertiary alicyclic amines) is 1. The number of nitrogens with two attached hydrogens (primary N) is 1. The van der Waals surface area contributed by atoms with Crippen molar-refractivity contribution in [2.75, 3.05) is 18.4 Å². The molecule has 2 aromatic rings. The van der Waals surface area contributed by atoms with Crippen LogP contribution in [0.5, 0.6) is 0 Å². The number of piperidine rings is 1. The molecule has 1 atom stereocenters. The summed E-state index contributed by atoms with van der Waals surface area (Å²) in [6, 6.07) is 3.68. The number of amides is 2. The van der Waals surface area contributed by atoms with Crippen LogP contribution in [-0.2, 0) is 11.3 Å². The maximum atomic E-state index is 12.6. The second kappa shape index (κ2) is 10.6. The second-order valence-electron chi connectivity index (χ2n) is 6.13. The summed E-state index contributed by atoms with van der Waals surface area (Å²) in [5, 5.41) is 5.30. The van der Waals surface area contributed by atoms with Crippen molar-refractivity contribution in [3.8, 4) is 0 Å². The predicted octanol–water partition coefficient (Wildman–Crippen LogP) is 2.64. The topological polar surface area (TPSA) is 101 Å². The van der Waals surface area contributed by atoms with Gasteiger partial charge in [-0.15, -0.1) is 36.2 Å². The average molecular weight is 432 g/mol. The van der Waals surface area contributed by atoms with E-state index >= 15 is 0 Å². The number of anilines is 1. The summed E-state index contributed by atoms with van der Waals surface area (Å²) < 4.78 is 0. The Bertz CT molecular complexity index is 769. The van der Waals surface area contributed by atoms with Crippen LogP contribution in [0.1, 0.15) is 33.9 Å². The minimum Gasteiger partial charge on any atom is -0.336 e. The number of nitrogens with zero attached hydrogens (tertiary/aromatic N) is 3. The largest absolute Gasteiger partial charge is 0.336 e. The van der Waals surface area contributed by atoms with E-state index in [1.807, 2.05) is 13.0 Å². The number of pyridine rings is 1. The molecule has 2 amide bonds. The monoisotopic (exact) mass is 431 g/mol. The molecule has 0 saturated carbocycles. The van der Waals surface area contributed by atoms with Crippen LogP contribution in [0.15, 0.2) is 23.7 Å². The van der Waals surface area contributed by atoms with Gasteiger partial charge < -0.3 is 16.0 Å². The average Bonchev–Trinajstić information content (AvgIpc) is 3.12. The van der Waals surface area contributed by atoms with Crippen molar-refractivity contribution in [3.05, 3.63) is 40.0 Å². The highest BCUT2D eigenvalue weighted by molar-refractivity contribution is 7.09. The predicted molar refractivity (Wildman–Crippen MR) is 111 cm³/mol. The molecule has 2 aromatic heterocycles. The second-order valence-corrected chi connectivity index (χ2v) is 7.07. The van der Waals surface area contributed by atoms with Gasteiger partial charge in [-0.25, -0.2) is 9.97 Å². The van der Waals surface area contributed by atoms with E-state index in [1.165, 1.54) is 11.3 Å². The van der Waals surface area contributed by atoms with Crippen molar-refractivity contribution < 1.29 is 9.59 Å². The third-order valence-corrected chi connectivity index (χ3v) is 5.06. The highest BCUT2D eigenvalue weighted by Gasteiger charge is 2.30. The lowest BCUT2D eigenvalue weighted by Crippen LogP contribution is -2.44. The molecule has 3 heterocycles. The molecule has 1 unspecified atom stereocenters. The smallest absolute Gasteiger partial charge is 0.273 e. The molecule has 0 aliphatic carbocycles. The quantitative estimate of drug-likeness (QED) is 0.774. The Morgan fingerprint density at radius 2 is 2.15 bits per heavy atom. The summed E-state index contributed by atoms with van der Waals surface area (Å²) in [7, 11) is 0. The molecular formula is C17H23Cl2N5O2S. The van der Waals surface area contributed by atoms with Gasteiger partial charge >= 0.3 is 0 Å². The number of halogens is 2. The van der Waals surface area contributed by atoms with E-state index in [0.717, 1.165) is 23.4 Å². The normalized spacial score (nSPS) is 16.1. The van der Waals surface area contributed by atoms with Gasteiger partial charge in [0.1, 0.15) is 16.5 Å². The van der Waals surface area contributed by atoms with Crippen LogP contribution in [0.2, 0.25) is 0 Å². The van der Waals surface area contributed by atoms with E-state index < -0.39 is 0 Å². The summed E-state index contributed by atoms with van der Waals surface area (Å²) in [5.41, 5.74) is 6.99. The molecule has 7 nitrogen and oxygen atoms in total. The van der Waals surface area contributed by atoms with Gasteiger partial charge in [0.2, 0.25) is 5.91 Å². The Labute approximate surface area is 174 Å². The molecule has 1 saturated heterocycles. The fourth-order valence-corrected chi connectivity index (χ4v) is 3.46. The molecule has 148 valence electrons. The minimum atomic E-state index is -0.242. The van der Waals surface area contributed by atoms with E-state index in [9.17, 15) is 9.59 Å². The van der Waals surface area contributed by atoms with Crippen molar-refractivity contribution in [2.24, 2.45) is 11.7 Å². The maximum absolute atomic E-state index is 12.6. The van der Waals surface area contributed by atoms with Crippen LogP contribution in [0.3, 0.4) is 0 Å². The summed E-state index contributed by atoms with van der Waals surface area (Å²) in [4.78, 5) is 35.2. The molecule has 3 rings (SSSR count). The van der Waals surface area contributed by atoms with Crippen LogP contribution < -0.4 is 11.1 Å². The summed E-state index contributed by atoms with van der Waals surface area (Å²) in [6.07, 6.45) is 3.26. The molecule has 27 heavy (non-hydrogen) atoms. The van der Waals surface area contributed by atoms with E-state index in [1.54, 1.807) is 22.5 Å². The summed E-state index contributed by atoms with van der Waals surface area (Å²) in [5.74, 6) is 0.0521. The van der Waals surface area contributed by atoms with Crippen LogP contribution in [-0.4, -0.2) is 39.8 Å². The van der Waals surface area contributed by atoms with Crippen molar-refractivity contribution in [3.63, 3.8) is 0 Å². The number of carbonyl (C=O) groups is 2. The lowest BCUT2D eigenvalue weighted by Gasteiger charge is -2.31. The fraction of sp³-hybridized carbons (Fsp3) is 0.412. The van der Waals surface area contributed by atoms with Crippen LogP contribution in [0.25, 0.3) is 0 Å². The fourth-order valence-electron chi connectivity index (χ4n) is 2.81. The van der Waals surface area contributed by atoms with Gasteiger partial charge in [0.15, 0.2) is 0 Å². The first-order valence-electron chi connectivity index (χ1n) is 8.24. The molecular weight excluding hydrogens is 409 g/mol. The van der Waals surface area contributed by atoms with Gasteiger partial charge in [0, 0.05) is 31.2 Å². The SMILES string of the molecule is Cc1ccc(NC(=O)C2CCCN(C(=O)c3csc(CN)n3)C2)nc1.Cl.Cl. The lowest BCUT2D eigenvalue weighted by molar-refractivity contribution is -0.121. The van der Waals surface area contributed by atoms with Crippen molar-refractivity contribution >= 4 is 53.8 Å². The highest BCUT2D eigenvalue weighted by Crippen LogP contribution is 2.21. The molecule has 0 bridgehead atoms. The van der Waals surface area contributed by atoms with Gasteiger partial charge in [-0.1, -0.05) is 6.07 Å². The number of aryl methyl sites for hydroxylation is 1. The molecule has 0 aromatic carbocycles. The molecule has 3 N–H and O–H groups in total. The van der Waals surface area contributed by atoms with Crippen molar-refractivity contribution in [2.45, 2.75) is 26.3 Å². The number of carbonyl (C=O) groups excluding carboxylic acids is 2. The van der Waals surface area contributed by atoms with Gasteiger partial charge in [-0.05, 0) is 31.4 Å². The first-order chi connectivity index (χ1) is 12.1. The van der Waals surface area contributed by atoms with Gasteiger partial charge in [-0.2, -0.15) is 0 Å². The maximum Gasteiger partial charge on any atom is 0.273 e. The molecule has 1 aliphatic heterocycles. The Morgan fingerprint density at radius 3 is 2.78 bits per heavy atom. The number of hydrogen-bond donors (Lipinski definition) is 2. The standard InChI is InChI=1S/C17H21N5O2S.2ClH/c1-11-4-5-14(19-8-11)21-16(23)12-3-2-6-22(9-12)17(24)13-10-25-15(7-18)20-13;;/h4-5,8,10,12H,2-3,6-7,9,18H2,1H3,(H,19,21,23);2*1H. The highest BCUT2D eigenvalue weighted by atomic mass is 35.5. The number of nitrogens with one attached hydrogen (secondary N) is 1. The Morgan fingerprint density at radius 1 is 1.37 bits per heavy atom. The first kappa shape index (κ1) is 23.3. The van der Waals surface area contributed by atoms with E-state index in [-0.39, 0.29) is 42.5 Å². The van der Waals surface area contributed by atoms with E-state index in [2.05, 4.69) is 15.3 Å². The van der Waals surface area contributed by atoms with Crippen molar-refractivity contribution in [1.82, 2.24) is 14.9 Å². The zero-order valence-corrected chi connectivity index (χ0v) is 17.3. The van der Waals surface area contributed by atoms with Gasteiger partial charge in [0.25, 0.3) is 5.91 Å². The zero-order valence-electron chi connectivity index (χ0n) is 14.9. The van der Waals surface area contributed by atoms with E-state index in [0.29, 0.717) is 31.1 Å².